The quantitative estimate of drug-likeness (QED) is 0.431. The molecule has 2 aromatic rings. The zero-order chi connectivity index (χ0) is 25.0. The molecule has 3 rings (SSSR count). The predicted octanol–water partition coefficient (Wildman–Crippen LogP) is 7.15. The Hall–Kier alpha value is -2.46. The minimum Gasteiger partial charge on any atom is -0.378 e. The van der Waals surface area contributed by atoms with Crippen LogP contribution in [-0.2, 0) is 15.2 Å². The van der Waals surface area contributed by atoms with E-state index >= 15 is 0 Å². The normalized spacial score (nSPS) is 18.1. The molecular formula is C21H18Cl2F6N2O2. The smallest absolute Gasteiger partial charge is 0.378 e. The Morgan fingerprint density at radius 3 is 2.06 bits per heavy atom. The van der Waals surface area contributed by atoms with E-state index in [1.165, 1.54) is 30.3 Å². The maximum Gasteiger partial charge on any atom is 0.451 e. The molecule has 0 radical (unpaired) electrons. The molecule has 0 fully saturated rings. The number of alkyl halides is 6. The molecule has 0 saturated heterocycles. The van der Waals surface area contributed by atoms with E-state index in [1.54, 1.807) is 0 Å². The zero-order valence-corrected chi connectivity index (χ0v) is 18.8. The summed E-state index contributed by atoms with van der Waals surface area (Å²) >= 11 is 11.7. The number of Topliss-reactive ketones (excluding diaryl/α,β-unsaturated/α-hetero) is 1. The SMILES string of the molecule is CC.O=C(CNc1ccc(C2=NOC(c3cc(Cl)cc(Cl)c3)(C(F)(F)F)C2)cc1)C(F)(F)F. The van der Waals surface area contributed by atoms with Gasteiger partial charge in [0.1, 0.15) is 0 Å². The Bertz CT molecular complexity index is 1000. The Morgan fingerprint density at radius 2 is 1.58 bits per heavy atom. The monoisotopic (exact) mass is 514 g/mol. The molecule has 2 aromatic carbocycles. The number of nitrogens with one attached hydrogen (secondary N) is 1. The third-order valence-electron chi connectivity index (χ3n) is 4.50. The molecular weight excluding hydrogens is 497 g/mol. The Morgan fingerprint density at radius 1 is 1.03 bits per heavy atom. The lowest BCUT2D eigenvalue weighted by molar-refractivity contribution is -0.275. The van der Waals surface area contributed by atoms with Crippen LogP contribution in [0.1, 0.15) is 31.4 Å². The lowest BCUT2D eigenvalue weighted by atomic mass is 9.86. The highest BCUT2D eigenvalue weighted by Gasteiger charge is 2.62. The molecule has 12 heteroatoms. The number of halogens is 8. The van der Waals surface area contributed by atoms with Gasteiger partial charge in [0, 0.05) is 27.7 Å². The van der Waals surface area contributed by atoms with Gasteiger partial charge in [-0.2, -0.15) is 26.3 Å². The zero-order valence-electron chi connectivity index (χ0n) is 17.2. The molecule has 1 atom stereocenters. The van der Waals surface area contributed by atoms with Crippen LogP contribution in [0.15, 0.2) is 47.6 Å². The third-order valence-corrected chi connectivity index (χ3v) is 4.94. The largest absolute Gasteiger partial charge is 0.451 e. The van der Waals surface area contributed by atoms with E-state index < -0.39 is 36.7 Å². The summed E-state index contributed by atoms with van der Waals surface area (Å²) in [7, 11) is 0. The number of carbonyl (C=O) groups is 1. The van der Waals surface area contributed by atoms with Crippen molar-refractivity contribution >= 4 is 40.4 Å². The van der Waals surface area contributed by atoms with Crippen molar-refractivity contribution in [3.05, 3.63) is 63.6 Å². The highest BCUT2D eigenvalue weighted by Crippen LogP contribution is 2.49. The van der Waals surface area contributed by atoms with Gasteiger partial charge in [0.25, 0.3) is 11.4 Å². The highest BCUT2D eigenvalue weighted by molar-refractivity contribution is 6.34. The van der Waals surface area contributed by atoms with Gasteiger partial charge in [0.05, 0.1) is 12.3 Å². The van der Waals surface area contributed by atoms with Crippen LogP contribution in [-0.4, -0.2) is 30.4 Å². The standard InChI is InChI=1S/C19H12Cl2F6N2O2.C2H6/c20-12-5-11(6-13(21)7-12)17(19(25,26)27)8-15(29-31-17)10-1-3-14(4-2-10)28-9-16(30)18(22,23)24;1-2/h1-7,28H,8-9H2;1-2H3. The number of benzene rings is 2. The van der Waals surface area contributed by atoms with Crippen molar-refractivity contribution in [2.45, 2.75) is 38.2 Å². The minimum absolute atomic E-state index is 0.00740. The van der Waals surface area contributed by atoms with E-state index in [9.17, 15) is 31.1 Å². The van der Waals surface area contributed by atoms with Crippen LogP contribution < -0.4 is 5.32 Å². The molecule has 1 aliphatic rings. The average Bonchev–Trinajstić information content (AvgIpc) is 3.19. The van der Waals surface area contributed by atoms with Crippen molar-refractivity contribution in [1.29, 1.82) is 0 Å². The molecule has 1 heterocycles. The van der Waals surface area contributed by atoms with Gasteiger partial charge >= 0.3 is 12.4 Å². The van der Waals surface area contributed by atoms with E-state index in [-0.39, 0.29) is 32.6 Å². The minimum atomic E-state index is -4.97. The number of nitrogens with zero attached hydrogens (tertiary/aromatic N) is 1. The molecule has 1 N–H and O–H groups in total. The summed E-state index contributed by atoms with van der Waals surface area (Å²) in [5.74, 6) is -1.96. The van der Waals surface area contributed by atoms with Crippen molar-refractivity contribution in [1.82, 2.24) is 0 Å². The summed E-state index contributed by atoms with van der Waals surface area (Å²) in [6, 6.07) is 8.77. The summed E-state index contributed by atoms with van der Waals surface area (Å²) < 4.78 is 78.7. The molecule has 0 amide bonds. The molecule has 1 unspecified atom stereocenters. The van der Waals surface area contributed by atoms with Crippen LogP contribution in [0.5, 0.6) is 0 Å². The summed E-state index contributed by atoms with van der Waals surface area (Å²) in [5.41, 5.74) is -2.73. The third kappa shape index (κ3) is 6.11. The number of ketones is 1. The van der Waals surface area contributed by atoms with Crippen LogP contribution in [0.2, 0.25) is 10.0 Å². The molecule has 0 bridgehead atoms. The van der Waals surface area contributed by atoms with E-state index in [2.05, 4.69) is 10.5 Å². The van der Waals surface area contributed by atoms with E-state index in [1.807, 2.05) is 13.8 Å². The Kier molecular flexibility index (Phi) is 8.29. The summed E-state index contributed by atoms with van der Waals surface area (Å²) in [5, 5.41) is 5.87. The van der Waals surface area contributed by atoms with Gasteiger partial charge in [-0.25, -0.2) is 0 Å². The first kappa shape index (κ1) is 26.8. The van der Waals surface area contributed by atoms with Crippen molar-refractivity contribution in [3.63, 3.8) is 0 Å². The Labute approximate surface area is 195 Å². The lowest BCUT2D eigenvalue weighted by Crippen LogP contribution is -2.42. The van der Waals surface area contributed by atoms with Crippen molar-refractivity contribution < 1.29 is 36.0 Å². The molecule has 0 aromatic heterocycles. The molecule has 33 heavy (non-hydrogen) atoms. The second-order valence-corrected chi connectivity index (χ2v) is 7.51. The lowest BCUT2D eigenvalue weighted by Gasteiger charge is -2.29. The molecule has 0 aliphatic carbocycles. The predicted molar refractivity (Wildman–Crippen MR) is 114 cm³/mol. The number of hydrogen-bond acceptors (Lipinski definition) is 4. The molecule has 4 nitrogen and oxygen atoms in total. The molecule has 0 saturated carbocycles. The van der Waals surface area contributed by atoms with Gasteiger partial charge in [-0.1, -0.05) is 54.3 Å². The maximum atomic E-state index is 14.0. The highest BCUT2D eigenvalue weighted by atomic mass is 35.5. The van der Waals surface area contributed by atoms with Gasteiger partial charge in [-0.3, -0.25) is 4.79 Å². The van der Waals surface area contributed by atoms with E-state index in [0.717, 1.165) is 12.1 Å². The molecule has 1 aliphatic heterocycles. The number of rotatable bonds is 5. The van der Waals surface area contributed by atoms with Crippen LogP contribution in [0, 0.1) is 0 Å². The second kappa shape index (κ2) is 10.2. The van der Waals surface area contributed by atoms with E-state index in [0.29, 0.717) is 0 Å². The van der Waals surface area contributed by atoms with Gasteiger partial charge < -0.3 is 10.2 Å². The first-order valence-electron chi connectivity index (χ1n) is 9.54. The average molecular weight is 515 g/mol. The van der Waals surface area contributed by atoms with Crippen molar-refractivity contribution in [2.75, 3.05) is 11.9 Å². The Balaban J connectivity index is 0.00000187. The number of carbonyl (C=O) groups excluding carboxylic acids is 1. The van der Waals surface area contributed by atoms with E-state index in [4.69, 9.17) is 28.0 Å². The number of hydrogen-bond donors (Lipinski definition) is 1. The van der Waals surface area contributed by atoms with Crippen LogP contribution in [0.25, 0.3) is 0 Å². The van der Waals surface area contributed by atoms with Gasteiger partial charge in [-0.15, -0.1) is 0 Å². The number of oxime groups is 1. The van der Waals surface area contributed by atoms with Gasteiger partial charge in [-0.05, 0) is 35.9 Å². The molecule has 180 valence electrons. The summed E-state index contributed by atoms with van der Waals surface area (Å²) in [6.07, 6.45) is -10.5. The van der Waals surface area contributed by atoms with Crippen LogP contribution >= 0.6 is 23.2 Å². The summed E-state index contributed by atoms with van der Waals surface area (Å²) in [4.78, 5) is 15.8. The fourth-order valence-corrected chi connectivity index (χ4v) is 3.43. The van der Waals surface area contributed by atoms with Crippen molar-refractivity contribution in [3.8, 4) is 0 Å². The van der Waals surface area contributed by atoms with Crippen LogP contribution in [0.3, 0.4) is 0 Å². The van der Waals surface area contributed by atoms with Gasteiger partial charge in [0.2, 0.25) is 0 Å². The first-order valence-corrected chi connectivity index (χ1v) is 10.3. The van der Waals surface area contributed by atoms with Crippen LogP contribution in [0.4, 0.5) is 32.0 Å². The second-order valence-electron chi connectivity index (χ2n) is 6.64. The number of anilines is 1. The maximum absolute atomic E-state index is 14.0. The van der Waals surface area contributed by atoms with Crippen molar-refractivity contribution in [2.24, 2.45) is 5.16 Å². The first-order chi connectivity index (χ1) is 15.3. The van der Waals surface area contributed by atoms with Gasteiger partial charge in [0.15, 0.2) is 0 Å². The fourth-order valence-electron chi connectivity index (χ4n) is 2.91. The topological polar surface area (TPSA) is 50.7 Å². The summed E-state index contributed by atoms with van der Waals surface area (Å²) in [6.45, 7) is 3.03. The molecule has 0 spiro atoms. The fraction of sp³-hybridized carbons (Fsp3) is 0.333.